The number of hydrogen-bond donors (Lipinski definition) is 1. The molecule has 0 saturated heterocycles. The van der Waals surface area contributed by atoms with E-state index in [4.69, 9.17) is 0 Å². The molecule has 1 N–H and O–H groups in total. The van der Waals surface area contributed by atoms with Crippen molar-refractivity contribution < 1.29 is 0 Å². The lowest BCUT2D eigenvalue weighted by atomic mass is 10.1. The van der Waals surface area contributed by atoms with Gasteiger partial charge in [0.25, 0.3) is 0 Å². The third-order valence-electron chi connectivity index (χ3n) is 2.80. The summed E-state index contributed by atoms with van der Waals surface area (Å²) in [6, 6.07) is 4.32. The first-order chi connectivity index (χ1) is 8.11. The van der Waals surface area contributed by atoms with Crippen LogP contribution in [0.2, 0.25) is 0 Å². The zero-order valence-corrected chi connectivity index (χ0v) is 10.6. The molecule has 2 rings (SSSR count). The number of aryl methyl sites for hydroxylation is 2. The molecule has 0 radical (unpaired) electrons. The lowest BCUT2D eigenvalue weighted by Gasteiger charge is -2.10. The Morgan fingerprint density at radius 2 is 2.06 bits per heavy atom. The Kier molecular flexibility index (Phi) is 3.19. The van der Waals surface area contributed by atoms with Gasteiger partial charge >= 0.3 is 0 Å². The minimum atomic E-state index is 0.301. The van der Waals surface area contributed by atoms with Crippen LogP contribution < -0.4 is 5.32 Å². The first-order valence-corrected chi connectivity index (χ1v) is 5.65. The van der Waals surface area contributed by atoms with Crippen molar-refractivity contribution in [3.05, 3.63) is 35.5 Å². The summed E-state index contributed by atoms with van der Waals surface area (Å²) in [4.78, 5) is 8.67. The minimum Gasteiger partial charge on any atom is -0.313 e. The minimum absolute atomic E-state index is 0.301. The first kappa shape index (κ1) is 11.7. The van der Waals surface area contributed by atoms with Gasteiger partial charge in [0.2, 0.25) is 0 Å². The average molecular weight is 231 g/mol. The van der Waals surface area contributed by atoms with Gasteiger partial charge in [-0.15, -0.1) is 5.10 Å². The Morgan fingerprint density at radius 3 is 2.53 bits per heavy atom. The molecule has 0 spiro atoms. The van der Waals surface area contributed by atoms with Crippen LogP contribution >= 0.6 is 0 Å². The molecule has 0 aliphatic heterocycles. The lowest BCUT2D eigenvalue weighted by molar-refractivity contribution is 0.648. The van der Waals surface area contributed by atoms with Crippen molar-refractivity contribution >= 4 is 0 Å². The molecule has 90 valence electrons. The second-order valence-electron chi connectivity index (χ2n) is 4.08. The molecule has 0 aromatic carbocycles. The van der Waals surface area contributed by atoms with Gasteiger partial charge in [-0.2, -0.15) is 4.68 Å². The van der Waals surface area contributed by atoms with Crippen LogP contribution in [0.25, 0.3) is 5.82 Å². The van der Waals surface area contributed by atoms with Gasteiger partial charge in [-0.1, -0.05) is 6.07 Å². The number of hydrogen-bond acceptors (Lipinski definition) is 4. The molecule has 5 nitrogen and oxygen atoms in total. The van der Waals surface area contributed by atoms with Crippen molar-refractivity contribution in [3.8, 4) is 5.82 Å². The Morgan fingerprint density at radius 1 is 1.29 bits per heavy atom. The largest absolute Gasteiger partial charge is 0.313 e. The average Bonchev–Trinajstić information content (AvgIpc) is 2.68. The predicted octanol–water partition coefficient (Wildman–Crippen LogP) is 1.56. The molecule has 2 aromatic rings. The fraction of sp³-hybridized carbons (Fsp3) is 0.417. The maximum Gasteiger partial charge on any atom is 0.155 e. The zero-order chi connectivity index (χ0) is 12.4. The molecule has 17 heavy (non-hydrogen) atoms. The van der Waals surface area contributed by atoms with Gasteiger partial charge in [0, 0.05) is 12.2 Å². The van der Waals surface area contributed by atoms with Gasteiger partial charge in [-0.05, 0) is 39.4 Å². The van der Waals surface area contributed by atoms with Crippen molar-refractivity contribution in [1.82, 2.24) is 25.1 Å². The SMILES string of the molecule is CNC(C)c1ccc(-n2nc(C)nc2C)nc1. The van der Waals surface area contributed by atoms with E-state index in [-0.39, 0.29) is 0 Å². The predicted molar refractivity (Wildman–Crippen MR) is 66.1 cm³/mol. The Balaban J connectivity index is 2.32. The van der Waals surface area contributed by atoms with Crippen molar-refractivity contribution in [2.45, 2.75) is 26.8 Å². The van der Waals surface area contributed by atoms with E-state index >= 15 is 0 Å². The second kappa shape index (κ2) is 4.63. The molecule has 1 atom stereocenters. The number of nitrogens with zero attached hydrogens (tertiary/aromatic N) is 4. The van der Waals surface area contributed by atoms with Crippen LogP contribution in [-0.4, -0.2) is 26.8 Å². The number of aromatic nitrogens is 4. The number of rotatable bonds is 3. The maximum atomic E-state index is 4.41. The molecule has 0 bridgehead atoms. The van der Waals surface area contributed by atoms with Crippen LogP contribution in [0.5, 0.6) is 0 Å². The molecule has 0 aliphatic carbocycles. The molecule has 2 aromatic heterocycles. The summed E-state index contributed by atoms with van der Waals surface area (Å²) >= 11 is 0. The van der Waals surface area contributed by atoms with Gasteiger partial charge < -0.3 is 5.32 Å². The van der Waals surface area contributed by atoms with E-state index in [9.17, 15) is 0 Å². The number of pyridine rings is 1. The van der Waals surface area contributed by atoms with Crippen molar-refractivity contribution in [1.29, 1.82) is 0 Å². The summed E-state index contributed by atoms with van der Waals surface area (Å²) in [7, 11) is 1.93. The van der Waals surface area contributed by atoms with E-state index < -0.39 is 0 Å². The summed E-state index contributed by atoms with van der Waals surface area (Å²) in [6.07, 6.45) is 1.87. The summed E-state index contributed by atoms with van der Waals surface area (Å²) < 4.78 is 1.75. The maximum absolute atomic E-state index is 4.41. The van der Waals surface area contributed by atoms with E-state index in [1.54, 1.807) is 4.68 Å². The van der Waals surface area contributed by atoms with E-state index in [1.165, 1.54) is 0 Å². The topological polar surface area (TPSA) is 55.6 Å². The first-order valence-electron chi connectivity index (χ1n) is 5.65. The molecule has 5 heteroatoms. The fourth-order valence-corrected chi connectivity index (χ4v) is 1.68. The Bertz CT molecular complexity index is 500. The molecule has 0 amide bonds. The highest BCUT2D eigenvalue weighted by Crippen LogP contribution is 2.13. The van der Waals surface area contributed by atoms with E-state index in [0.717, 1.165) is 23.0 Å². The highest BCUT2D eigenvalue weighted by molar-refractivity contribution is 5.26. The van der Waals surface area contributed by atoms with Crippen molar-refractivity contribution in [2.75, 3.05) is 7.05 Å². The zero-order valence-electron chi connectivity index (χ0n) is 10.6. The van der Waals surface area contributed by atoms with Gasteiger partial charge in [-0.3, -0.25) is 0 Å². The molecular formula is C12H17N5. The highest BCUT2D eigenvalue weighted by atomic mass is 15.4. The van der Waals surface area contributed by atoms with Gasteiger partial charge in [-0.25, -0.2) is 9.97 Å². The van der Waals surface area contributed by atoms with Gasteiger partial charge in [0.15, 0.2) is 5.82 Å². The highest BCUT2D eigenvalue weighted by Gasteiger charge is 2.07. The summed E-state index contributed by atoms with van der Waals surface area (Å²) in [5, 5.41) is 7.48. The van der Waals surface area contributed by atoms with Crippen LogP contribution in [-0.2, 0) is 0 Å². The fourth-order valence-electron chi connectivity index (χ4n) is 1.68. The third-order valence-corrected chi connectivity index (χ3v) is 2.80. The third kappa shape index (κ3) is 2.34. The van der Waals surface area contributed by atoms with E-state index in [1.807, 2.05) is 33.2 Å². The van der Waals surface area contributed by atoms with Crippen LogP contribution in [0.4, 0.5) is 0 Å². The van der Waals surface area contributed by atoms with E-state index in [2.05, 4.69) is 33.4 Å². The molecule has 0 aliphatic rings. The molecular weight excluding hydrogens is 214 g/mol. The summed E-state index contributed by atoms with van der Waals surface area (Å²) in [5.74, 6) is 2.41. The van der Waals surface area contributed by atoms with Crippen LogP contribution in [0.15, 0.2) is 18.3 Å². The Labute approximate surface area is 101 Å². The quantitative estimate of drug-likeness (QED) is 0.871. The summed E-state index contributed by atoms with van der Waals surface area (Å²) in [6.45, 7) is 5.90. The lowest BCUT2D eigenvalue weighted by Crippen LogP contribution is -2.13. The molecule has 0 fully saturated rings. The van der Waals surface area contributed by atoms with Crippen LogP contribution in [0.3, 0.4) is 0 Å². The van der Waals surface area contributed by atoms with Crippen LogP contribution in [0.1, 0.15) is 30.2 Å². The normalized spacial score (nSPS) is 12.7. The Hall–Kier alpha value is -1.75. The monoisotopic (exact) mass is 231 g/mol. The smallest absolute Gasteiger partial charge is 0.155 e. The standard InChI is InChI=1S/C12H17N5/c1-8(13-4)11-5-6-12(14-7-11)17-10(3)15-9(2)16-17/h5-8,13H,1-4H3. The summed E-state index contributed by atoms with van der Waals surface area (Å²) in [5.41, 5.74) is 1.16. The van der Waals surface area contributed by atoms with Crippen molar-refractivity contribution in [2.24, 2.45) is 0 Å². The number of nitrogens with one attached hydrogen (secondary N) is 1. The van der Waals surface area contributed by atoms with Crippen molar-refractivity contribution in [3.63, 3.8) is 0 Å². The van der Waals surface area contributed by atoms with Gasteiger partial charge in [0.1, 0.15) is 11.6 Å². The van der Waals surface area contributed by atoms with E-state index in [0.29, 0.717) is 6.04 Å². The van der Waals surface area contributed by atoms with Gasteiger partial charge in [0.05, 0.1) is 0 Å². The molecule has 2 heterocycles. The van der Waals surface area contributed by atoms with Crippen LogP contribution in [0, 0.1) is 13.8 Å². The molecule has 0 saturated carbocycles. The second-order valence-corrected chi connectivity index (χ2v) is 4.08. The molecule has 1 unspecified atom stereocenters.